The Morgan fingerprint density at radius 2 is 1.55 bits per heavy atom. The summed E-state index contributed by atoms with van der Waals surface area (Å²) in [7, 11) is -4.16. The van der Waals surface area contributed by atoms with Crippen LogP contribution in [-0.2, 0) is 26.2 Å². The van der Waals surface area contributed by atoms with E-state index in [9.17, 15) is 22.4 Å². The molecule has 3 rings (SSSR count). The zero-order valence-corrected chi connectivity index (χ0v) is 24.0. The first-order valence-electron chi connectivity index (χ1n) is 13.2. The average molecular weight is 570 g/mol. The van der Waals surface area contributed by atoms with Crippen molar-refractivity contribution in [1.82, 2.24) is 10.2 Å². The van der Waals surface area contributed by atoms with Gasteiger partial charge in [0.05, 0.1) is 17.2 Å². The predicted molar refractivity (Wildman–Crippen MR) is 153 cm³/mol. The van der Waals surface area contributed by atoms with Crippen molar-refractivity contribution in [2.45, 2.75) is 57.6 Å². The Kier molecular flexibility index (Phi) is 10.7. The highest BCUT2D eigenvalue weighted by atomic mass is 32.2. The molecule has 0 aliphatic rings. The second-order valence-corrected chi connectivity index (χ2v) is 11.3. The maximum atomic E-state index is 14.0. The topological polar surface area (TPSA) is 96.0 Å². The van der Waals surface area contributed by atoms with Gasteiger partial charge in [0.1, 0.15) is 24.2 Å². The number of rotatable bonds is 13. The molecular formula is C30H36FN3O5S. The molecule has 0 fully saturated rings. The fraction of sp³-hybridized carbons (Fsp3) is 0.333. The van der Waals surface area contributed by atoms with Crippen LogP contribution >= 0.6 is 0 Å². The summed E-state index contributed by atoms with van der Waals surface area (Å²) in [5, 5.41) is 2.84. The summed E-state index contributed by atoms with van der Waals surface area (Å²) in [6.45, 7) is 7.13. The molecule has 3 aromatic rings. The van der Waals surface area contributed by atoms with Crippen LogP contribution in [0.25, 0.3) is 0 Å². The van der Waals surface area contributed by atoms with Crippen molar-refractivity contribution in [1.29, 1.82) is 0 Å². The van der Waals surface area contributed by atoms with Crippen LogP contribution < -0.4 is 14.4 Å². The molecule has 0 aliphatic carbocycles. The van der Waals surface area contributed by atoms with Crippen LogP contribution in [0, 0.1) is 5.82 Å². The second-order valence-electron chi connectivity index (χ2n) is 9.49. The van der Waals surface area contributed by atoms with E-state index in [-0.39, 0.29) is 29.1 Å². The fourth-order valence-corrected chi connectivity index (χ4v) is 5.65. The van der Waals surface area contributed by atoms with E-state index in [1.165, 1.54) is 41.3 Å². The Hall–Kier alpha value is -3.92. The van der Waals surface area contributed by atoms with Crippen LogP contribution in [0.5, 0.6) is 5.75 Å². The molecule has 1 N–H and O–H groups in total. The van der Waals surface area contributed by atoms with E-state index in [0.717, 1.165) is 4.31 Å². The van der Waals surface area contributed by atoms with Crippen molar-refractivity contribution in [3.05, 3.63) is 90.2 Å². The second kappa shape index (κ2) is 13.9. The van der Waals surface area contributed by atoms with Gasteiger partial charge in [-0.15, -0.1) is 0 Å². The number of ether oxygens (including phenoxy) is 1. The zero-order valence-electron chi connectivity index (χ0n) is 23.2. The van der Waals surface area contributed by atoms with Gasteiger partial charge in [-0.05, 0) is 81.3 Å². The number of halogens is 1. The molecule has 0 radical (unpaired) electrons. The van der Waals surface area contributed by atoms with Gasteiger partial charge in [0, 0.05) is 12.6 Å². The van der Waals surface area contributed by atoms with E-state index in [0.29, 0.717) is 24.3 Å². The average Bonchev–Trinajstić information content (AvgIpc) is 2.93. The number of carbonyl (C=O) groups excluding carboxylic acids is 2. The minimum absolute atomic E-state index is 0.00830. The van der Waals surface area contributed by atoms with E-state index >= 15 is 0 Å². The molecule has 0 saturated carbocycles. The lowest BCUT2D eigenvalue weighted by atomic mass is 10.1. The molecule has 0 heterocycles. The maximum Gasteiger partial charge on any atom is 0.264 e. The Labute approximate surface area is 235 Å². The number of nitrogens with zero attached hydrogens (tertiary/aromatic N) is 2. The number of nitrogens with one attached hydrogen (secondary N) is 1. The van der Waals surface area contributed by atoms with Gasteiger partial charge >= 0.3 is 0 Å². The van der Waals surface area contributed by atoms with Crippen molar-refractivity contribution in [2.24, 2.45) is 0 Å². The fourth-order valence-electron chi connectivity index (χ4n) is 4.21. The third-order valence-electron chi connectivity index (χ3n) is 6.13. The van der Waals surface area contributed by atoms with E-state index < -0.39 is 34.3 Å². The lowest BCUT2D eigenvalue weighted by Crippen LogP contribution is -2.53. The Morgan fingerprint density at radius 1 is 0.925 bits per heavy atom. The number of amides is 2. The Bertz CT molecular complexity index is 1360. The largest absolute Gasteiger partial charge is 0.494 e. The molecule has 0 unspecified atom stereocenters. The molecule has 2 amide bonds. The molecular weight excluding hydrogens is 533 g/mol. The van der Waals surface area contributed by atoms with Gasteiger partial charge in [-0.2, -0.15) is 0 Å². The summed E-state index contributed by atoms with van der Waals surface area (Å²) in [5.41, 5.74) is 0.867. The first-order valence-corrected chi connectivity index (χ1v) is 14.7. The summed E-state index contributed by atoms with van der Waals surface area (Å²) in [4.78, 5) is 28.5. The van der Waals surface area contributed by atoms with Crippen LogP contribution in [-0.4, -0.2) is 50.4 Å². The summed E-state index contributed by atoms with van der Waals surface area (Å²) in [5.74, 6) is -0.805. The van der Waals surface area contributed by atoms with Gasteiger partial charge in [0.15, 0.2) is 0 Å². The van der Waals surface area contributed by atoms with Gasteiger partial charge in [-0.25, -0.2) is 12.8 Å². The third-order valence-corrected chi connectivity index (χ3v) is 7.92. The minimum Gasteiger partial charge on any atom is -0.494 e. The van der Waals surface area contributed by atoms with Crippen LogP contribution in [0.15, 0.2) is 83.8 Å². The van der Waals surface area contributed by atoms with Gasteiger partial charge in [-0.3, -0.25) is 13.9 Å². The SMILES string of the molecule is CCOc1ccc(N(CC(=O)N(Cc2ccc(F)cc2)[C@@H](CC)C(=O)NC(C)C)S(=O)(=O)c2ccccc2)cc1. The van der Waals surface area contributed by atoms with Crippen molar-refractivity contribution in [3.63, 3.8) is 0 Å². The summed E-state index contributed by atoms with van der Waals surface area (Å²) in [6.07, 6.45) is 0.292. The lowest BCUT2D eigenvalue weighted by molar-refractivity contribution is -0.140. The van der Waals surface area contributed by atoms with E-state index in [1.54, 1.807) is 49.4 Å². The summed E-state index contributed by atoms with van der Waals surface area (Å²) in [6, 6.07) is 18.8. The number of sulfonamides is 1. The molecule has 0 spiro atoms. The van der Waals surface area contributed by atoms with Crippen molar-refractivity contribution in [2.75, 3.05) is 17.5 Å². The molecule has 8 nitrogen and oxygen atoms in total. The first kappa shape index (κ1) is 30.6. The smallest absolute Gasteiger partial charge is 0.264 e. The Balaban J connectivity index is 2.04. The van der Waals surface area contributed by atoms with Gasteiger partial charge in [0.2, 0.25) is 11.8 Å². The maximum absolute atomic E-state index is 14.0. The molecule has 0 aliphatic heterocycles. The van der Waals surface area contributed by atoms with Crippen LogP contribution in [0.4, 0.5) is 10.1 Å². The molecule has 0 bridgehead atoms. The van der Waals surface area contributed by atoms with Gasteiger partial charge < -0.3 is 15.0 Å². The highest BCUT2D eigenvalue weighted by Gasteiger charge is 2.33. The quantitative estimate of drug-likeness (QED) is 0.321. The van der Waals surface area contributed by atoms with Gasteiger partial charge in [0.25, 0.3) is 10.0 Å². The molecule has 214 valence electrons. The standard InChI is InChI=1S/C30H36FN3O5S/c1-5-28(30(36)32-22(3)4)33(20-23-12-14-24(31)15-13-23)29(35)21-34(25-16-18-26(19-17-25)39-6-2)40(37,38)27-10-8-7-9-11-27/h7-19,22,28H,5-6,20-21H2,1-4H3,(H,32,36)/t28-/m0/s1. The van der Waals surface area contributed by atoms with E-state index in [2.05, 4.69) is 5.32 Å². The van der Waals surface area contributed by atoms with E-state index in [4.69, 9.17) is 4.74 Å². The minimum atomic E-state index is -4.16. The van der Waals surface area contributed by atoms with Crippen LogP contribution in [0.3, 0.4) is 0 Å². The highest BCUT2D eigenvalue weighted by Crippen LogP contribution is 2.27. The number of hydrogen-bond acceptors (Lipinski definition) is 5. The monoisotopic (exact) mass is 569 g/mol. The number of carbonyl (C=O) groups is 2. The summed E-state index contributed by atoms with van der Waals surface area (Å²) < 4.78 is 47.7. The van der Waals surface area contributed by atoms with Gasteiger partial charge in [-0.1, -0.05) is 37.3 Å². The molecule has 0 aromatic heterocycles. The van der Waals surface area contributed by atoms with Crippen molar-refractivity contribution in [3.8, 4) is 5.75 Å². The lowest BCUT2D eigenvalue weighted by Gasteiger charge is -2.33. The molecule has 1 atom stereocenters. The van der Waals surface area contributed by atoms with E-state index in [1.807, 2.05) is 20.8 Å². The predicted octanol–water partition coefficient (Wildman–Crippen LogP) is 4.75. The number of hydrogen-bond donors (Lipinski definition) is 1. The molecule has 40 heavy (non-hydrogen) atoms. The molecule has 0 saturated heterocycles. The van der Waals surface area contributed by atoms with Crippen molar-refractivity contribution < 1.29 is 27.1 Å². The number of anilines is 1. The molecule has 3 aromatic carbocycles. The zero-order chi connectivity index (χ0) is 29.3. The summed E-state index contributed by atoms with van der Waals surface area (Å²) >= 11 is 0. The normalized spacial score (nSPS) is 12.1. The van der Waals surface area contributed by atoms with Crippen LogP contribution in [0.1, 0.15) is 39.7 Å². The highest BCUT2D eigenvalue weighted by molar-refractivity contribution is 7.92. The number of benzene rings is 3. The Morgan fingerprint density at radius 3 is 2.10 bits per heavy atom. The van der Waals surface area contributed by atoms with Crippen LogP contribution in [0.2, 0.25) is 0 Å². The third kappa shape index (κ3) is 7.81. The first-order chi connectivity index (χ1) is 19.1. The van der Waals surface area contributed by atoms with Crippen molar-refractivity contribution >= 4 is 27.5 Å². The molecule has 10 heteroatoms.